The van der Waals surface area contributed by atoms with E-state index in [0.717, 1.165) is 40.1 Å². The Morgan fingerprint density at radius 1 is 1.13 bits per heavy atom. The molecule has 4 aromatic rings. The zero-order chi connectivity index (χ0) is 21.2. The van der Waals surface area contributed by atoms with Crippen LogP contribution in [0.5, 0.6) is 0 Å². The minimum atomic E-state index is -0.0843. The summed E-state index contributed by atoms with van der Waals surface area (Å²) in [6, 6.07) is 9.42. The number of hydrogen-bond donors (Lipinski definition) is 2. The van der Waals surface area contributed by atoms with Crippen LogP contribution in [0, 0.1) is 6.92 Å². The zero-order valence-electron chi connectivity index (χ0n) is 17.2. The van der Waals surface area contributed by atoms with Crippen molar-refractivity contribution in [3.05, 3.63) is 58.9 Å². The maximum absolute atomic E-state index is 12.4. The van der Waals surface area contributed by atoms with Gasteiger partial charge in [0.1, 0.15) is 16.5 Å². The molecule has 4 heterocycles. The predicted octanol–water partition coefficient (Wildman–Crippen LogP) is 4.39. The summed E-state index contributed by atoms with van der Waals surface area (Å²) in [4.78, 5) is 32.9. The molecule has 0 aromatic carbocycles. The Morgan fingerprint density at radius 2 is 2.06 bits per heavy atom. The summed E-state index contributed by atoms with van der Waals surface area (Å²) >= 11 is 1.75. The fourth-order valence-corrected chi connectivity index (χ4v) is 5.12. The van der Waals surface area contributed by atoms with Gasteiger partial charge in [0, 0.05) is 41.5 Å². The molecule has 0 saturated carbocycles. The lowest BCUT2D eigenvalue weighted by Crippen LogP contribution is -2.17. The van der Waals surface area contributed by atoms with Crippen LogP contribution in [-0.4, -0.2) is 32.4 Å². The molecule has 0 radical (unpaired) electrons. The molecule has 8 heteroatoms. The Bertz CT molecular complexity index is 1250. The molecule has 1 aliphatic rings. The molecule has 1 amide bonds. The van der Waals surface area contributed by atoms with E-state index in [4.69, 9.17) is 9.97 Å². The van der Waals surface area contributed by atoms with E-state index in [2.05, 4.69) is 20.6 Å². The summed E-state index contributed by atoms with van der Waals surface area (Å²) in [6.07, 6.45) is 7.16. The van der Waals surface area contributed by atoms with E-state index < -0.39 is 0 Å². The first-order valence-electron chi connectivity index (χ1n) is 10.4. The monoisotopic (exact) mass is 430 g/mol. The van der Waals surface area contributed by atoms with Crippen molar-refractivity contribution in [2.45, 2.75) is 32.6 Å². The Kier molecular flexibility index (Phi) is 5.30. The highest BCUT2D eigenvalue weighted by Gasteiger charge is 2.22. The van der Waals surface area contributed by atoms with Crippen LogP contribution in [0.25, 0.3) is 21.6 Å². The average Bonchev–Trinajstić information content (AvgIpc) is 3.35. The molecule has 0 bridgehead atoms. The third-order valence-electron chi connectivity index (χ3n) is 5.28. The lowest BCUT2D eigenvalue weighted by Gasteiger charge is -2.10. The number of anilines is 2. The lowest BCUT2D eigenvalue weighted by molar-refractivity contribution is -0.116. The summed E-state index contributed by atoms with van der Waals surface area (Å²) in [5, 5.41) is 7.35. The van der Waals surface area contributed by atoms with Crippen LogP contribution in [0.3, 0.4) is 0 Å². The van der Waals surface area contributed by atoms with Crippen molar-refractivity contribution in [1.82, 2.24) is 19.9 Å². The Balaban J connectivity index is 1.37. The second-order valence-corrected chi connectivity index (χ2v) is 8.65. The Hall–Kier alpha value is -3.39. The van der Waals surface area contributed by atoms with Crippen molar-refractivity contribution in [2.24, 2.45) is 0 Å². The maximum Gasteiger partial charge on any atom is 0.227 e. The molecule has 0 fully saturated rings. The van der Waals surface area contributed by atoms with Crippen molar-refractivity contribution < 1.29 is 4.79 Å². The summed E-state index contributed by atoms with van der Waals surface area (Å²) < 4.78 is 0. The van der Waals surface area contributed by atoms with Gasteiger partial charge in [-0.05, 0) is 56.0 Å². The minimum Gasteiger partial charge on any atom is -0.369 e. The molecule has 5 rings (SSSR count). The van der Waals surface area contributed by atoms with E-state index in [1.165, 1.54) is 16.9 Å². The van der Waals surface area contributed by atoms with E-state index >= 15 is 0 Å². The van der Waals surface area contributed by atoms with Crippen molar-refractivity contribution in [3.8, 4) is 11.4 Å². The molecular formula is C23H22N6OS. The number of carbonyl (C=O) groups is 1. The molecule has 2 N–H and O–H groups in total. The number of hydrogen-bond acceptors (Lipinski definition) is 7. The molecule has 0 aliphatic heterocycles. The van der Waals surface area contributed by atoms with Gasteiger partial charge < -0.3 is 10.6 Å². The standard InChI is InChI=1S/C23H22N6OS/c1-14-5-2-9-18(26-14)27-19(30)10-12-25-22-20-16-7-3-8-17(16)31-23(20)29-21(28-22)15-6-4-11-24-13-15/h2,4-6,9,11,13H,3,7-8,10,12H2,1H3,(H,25,28,29)(H,26,27,30). The lowest BCUT2D eigenvalue weighted by atomic mass is 10.1. The van der Waals surface area contributed by atoms with Gasteiger partial charge in [-0.1, -0.05) is 6.07 Å². The van der Waals surface area contributed by atoms with Crippen LogP contribution in [-0.2, 0) is 17.6 Å². The van der Waals surface area contributed by atoms with E-state index in [1.807, 2.05) is 31.2 Å². The summed E-state index contributed by atoms with van der Waals surface area (Å²) in [5.74, 6) is 1.93. The molecule has 0 unspecified atom stereocenters. The molecule has 31 heavy (non-hydrogen) atoms. The number of nitrogens with zero attached hydrogens (tertiary/aromatic N) is 4. The van der Waals surface area contributed by atoms with Crippen LogP contribution in [0.2, 0.25) is 0 Å². The van der Waals surface area contributed by atoms with Gasteiger partial charge in [0.25, 0.3) is 0 Å². The first-order chi connectivity index (χ1) is 15.2. The van der Waals surface area contributed by atoms with Gasteiger partial charge >= 0.3 is 0 Å². The van der Waals surface area contributed by atoms with Gasteiger partial charge in [-0.15, -0.1) is 11.3 Å². The Morgan fingerprint density at radius 3 is 2.90 bits per heavy atom. The van der Waals surface area contributed by atoms with E-state index in [-0.39, 0.29) is 5.91 Å². The molecular weight excluding hydrogens is 408 g/mol. The molecule has 7 nitrogen and oxygen atoms in total. The van der Waals surface area contributed by atoms with Crippen LogP contribution >= 0.6 is 11.3 Å². The van der Waals surface area contributed by atoms with Crippen molar-refractivity contribution in [1.29, 1.82) is 0 Å². The third kappa shape index (κ3) is 4.11. The number of rotatable bonds is 6. The van der Waals surface area contributed by atoms with Gasteiger partial charge in [-0.2, -0.15) is 0 Å². The number of fused-ring (bicyclic) bond motifs is 3. The Labute approximate surface area is 184 Å². The normalized spacial score (nSPS) is 12.7. The molecule has 1 aliphatic carbocycles. The van der Waals surface area contributed by atoms with Crippen molar-refractivity contribution >= 4 is 39.1 Å². The number of aromatic nitrogens is 4. The number of pyridine rings is 2. The average molecular weight is 431 g/mol. The fraction of sp³-hybridized carbons (Fsp3) is 0.261. The molecule has 0 saturated heterocycles. The van der Waals surface area contributed by atoms with Gasteiger partial charge in [0.2, 0.25) is 5.91 Å². The molecule has 156 valence electrons. The van der Waals surface area contributed by atoms with Crippen molar-refractivity contribution in [3.63, 3.8) is 0 Å². The van der Waals surface area contributed by atoms with Gasteiger partial charge in [-0.25, -0.2) is 15.0 Å². The van der Waals surface area contributed by atoms with Gasteiger partial charge in [0.05, 0.1) is 5.39 Å². The molecule has 0 spiro atoms. The van der Waals surface area contributed by atoms with Crippen molar-refractivity contribution in [2.75, 3.05) is 17.2 Å². The highest BCUT2D eigenvalue weighted by molar-refractivity contribution is 7.19. The van der Waals surface area contributed by atoms with Crippen LogP contribution in [0.4, 0.5) is 11.6 Å². The van der Waals surface area contributed by atoms with E-state index in [9.17, 15) is 4.79 Å². The first kappa shape index (κ1) is 19.6. The topological polar surface area (TPSA) is 92.7 Å². The number of carbonyl (C=O) groups excluding carboxylic acids is 1. The quantitative estimate of drug-likeness (QED) is 0.471. The second-order valence-electron chi connectivity index (χ2n) is 7.56. The van der Waals surface area contributed by atoms with Crippen LogP contribution in [0.1, 0.15) is 29.0 Å². The van der Waals surface area contributed by atoms with Crippen LogP contribution in [0.15, 0.2) is 42.7 Å². The van der Waals surface area contributed by atoms with E-state index in [1.54, 1.807) is 29.8 Å². The number of aryl methyl sites for hydroxylation is 3. The smallest absolute Gasteiger partial charge is 0.227 e. The minimum absolute atomic E-state index is 0.0843. The SMILES string of the molecule is Cc1cccc(NC(=O)CCNc2nc(-c3cccnc3)nc3sc4c(c23)CCC4)n1. The summed E-state index contributed by atoms with van der Waals surface area (Å²) in [6.45, 7) is 2.37. The predicted molar refractivity (Wildman–Crippen MR) is 123 cm³/mol. The number of nitrogens with one attached hydrogen (secondary N) is 2. The summed E-state index contributed by atoms with van der Waals surface area (Å²) in [5.41, 5.74) is 3.10. The zero-order valence-corrected chi connectivity index (χ0v) is 18.0. The largest absolute Gasteiger partial charge is 0.369 e. The highest BCUT2D eigenvalue weighted by atomic mass is 32.1. The van der Waals surface area contributed by atoms with Gasteiger partial charge in [0.15, 0.2) is 5.82 Å². The number of amides is 1. The second kappa shape index (κ2) is 8.39. The third-order valence-corrected chi connectivity index (χ3v) is 6.47. The molecule has 0 atom stereocenters. The number of thiophene rings is 1. The molecule has 4 aromatic heterocycles. The first-order valence-corrected chi connectivity index (χ1v) is 11.2. The summed E-state index contributed by atoms with van der Waals surface area (Å²) in [7, 11) is 0. The fourth-order valence-electron chi connectivity index (χ4n) is 3.86. The van der Waals surface area contributed by atoms with Crippen LogP contribution < -0.4 is 10.6 Å². The maximum atomic E-state index is 12.4. The van der Waals surface area contributed by atoms with E-state index in [0.29, 0.717) is 24.6 Å². The van der Waals surface area contributed by atoms with Gasteiger partial charge in [-0.3, -0.25) is 9.78 Å². The highest BCUT2D eigenvalue weighted by Crippen LogP contribution is 2.40.